The molecule has 0 saturated carbocycles. The van der Waals surface area contributed by atoms with Crippen LogP contribution in [-0.4, -0.2) is 19.1 Å². The zero-order chi connectivity index (χ0) is 14.8. The second-order valence-corrected chi connectivity index (χ2v) is 6.38. The van der Waals surface area contributed by atoms with Gasteiger partial charge in [0.25, 0.3) is 0 Å². The van der Waals surface area contributed by atoms with E-state index in [9.17, 15) is 4.79 Å². The number of ether oxygens (including phenoxy) is 1. The minimum absolute atomic E-state index is 0.168. The Morgan fingerprint density at radius 1 is 1.25 bits per heavy atom. The SMILES string of the molecule is CCCCC(CCC)NCc1ccc(CC(=O)OC)s1. The Balaban J connectivity index is 2.40. The monoisotopic (exact) mass is 297 g/mol. The lowest BCUT2D eigenvalue weighted by Gasteiger charge is -2.17. The van der Waals surface area contributed by atoms with Crippen molar-refractivity contribution in [1.29, 1.82) is 0 Å². The van der Waals surface area contributed by atoms with Gasteiger partial charge in [-0.15, -0.1) is 11.3 Å². The molecule has 1 aromatic rings. The predicted octanol–water partition coefficient (Wildman–Crippen LogP) is 3.91. The van der Waals surface area contributed by atoms with Crippen LogP contribution in [0.4, 0.5) is 0 Å². The quantitative estimate of drug-likeness (QED) is 0.665. The highest BCUT2D eigenvalue weighted by Gasteiger charge is 2.09. The van der Waals surface area contributed by atoms with Gasteiger partial charge in [0.05, 0.1) is 13.5 Å². The Morgan fingerprint density at radius 2 is 2.00 bits per heavy atom. The Bertz CT molecular complexity index is 390. The normalized spacial score (nSPS) is 12.3. The van der Waals surface area contributed by atoms with E-state index in [-0.39, 0.29) is 5.97 Å². The van der Waals surface area contributed by atoms with E-state index in [4.69, 9.17) is 0 Å². The number of thiophene rings is 1. The van der Waals surface area contributed by atoms with Gasteiger partial charge in [-0.3, -0.25) is 4.79 Å². The number of hydrogen-bond acceptors (Lipinski definition) is 4. The third kappa shape index (κ3) is 6.53. The number of esters is 1. The maximum Gasteiger partial charge on any atom is 0.310 e. The van der Waals surface area contributed by atoms with Gasteiger partial charge in [-0.2, -0.15) is 0 Å². The summed E-state index contributed by atoms with van der Waals surface area (Å²) in [4.78, 5) is 13.6. The summed E-state index contributed by atoms with van der Waals surface area (Å²) >= 11 is 1.70. The van der Waals surface area contributed by atoms with Crippen molar-refractivity contribution in [2.45, 2.75) is 65.0 Å². The first-order valence-corrected chi connectivity index (χ1v) is 8.39. The van der Waals surface area contributed by atoms with E-state index in [0.29, 0.717) is 12.5 Å². The Hall–Kier alpha value is -0.870. The van der Waals surface area contributed by atoms with Gasteiger partial charge in [-0.1, -0.05) is 33.1 Å². The fraction of sp³-hybridized carbons (Fsp3) is 0.688. The summed E-state index contributed by atoms with van der Waals surface area (Å²) in [5, 5.41) is 3.65. The van der Waals surface area contributed by atoms with E-state index in [1.807, 2.05) is 6.07 Å². The van der Waals surface area contributed by atoms with Crippen molar-refractivity contribution >= 4 is 17.3 Å². The molecule has 1 N–H and O–H groups in total. The van der Waals surface area contributed by atoms with E-state index in [2.05, 4.69) is 30.0 Å². The van der Waals surface area contributed by atoms with Gasteiger partial charge in [0.2, 0.25) is 0 Å². The van der Waals surface area contributed by atoms with Crippen LogP contribution in [0.5, 0.6) is 0 Å². The molecular formula is C16H27NO2S. The van der Waals surface area contributed by atoms with Gasteiger partial charge in [0.1, 0.15) is 0 Å². The summed E-state index contributed by atoms with van der Waals surface area (Å²) in [5.74, 6) is -0.168. The van der Waals surface area contributed by atoms with Crippen molar-refractivity contribution in [3.8, 4) is 0 Å². The lowest BCUT2D eigenvalue weighted by molar-refractivity contribution is -0.139. The van der Waals surface area contributed by atoms with Crippen molar-refractivity contribution in [2.24, 2.45) is 0 Å². The third-order valence-electron chi connectivity index (χ3n) is 3.37. The molecule has 114 valence electrons. The van der Waals surface area contributed by atoms with Gasteiger partial charge in [0.15, 0.2) is 0 Å². The van der Waals surface area contributed by atoms with E-state index in [0.717, 1.165) is 11.4 Å². The van der Waals surface area contributed by atoms with Gasteiger partial charge in [-0.05, 0) is 25.0 Å². The second kappa shape index (κ2) is 9.94. The molecule has 1 rings (SSSR count). The smallest absolute Gasteiger partial charge is 0.310 e. The number of carbonyl (C=O) groups excluding carboxylic acids is 1. The molecule has 0 fully saturated rings. The van der Waals surface area contributed by atoms with Crippen LogP contribution in [0, 0.1) is 0 Å². The van der Waals surface area contributed by atoms with Crippen LogP contribution in [0.15, 0.2) is 12.1 Å². The summed E-state index contributed by atoms with van der Waals surface area (Å²) in [6.45, 7) is 5.38. The maximum absolute atomic E-state index is 11.2. The lowest BCUT2D eigenvalue weighted by Crippen LogP contribution is -2.28. The summed E-state index contributed by atoms with van der Waals surface area (Å²) in [7, 11) is 1.43. The lowest BCUT2D eigenvalue weighted by atomic mass is 10.1. The fourth-order valence-corrected chi connectivity index (χ4v) is 3.17. The standard InChI is InChI=1S/C16H27NO2S/c1-4-6-8-13(7-5-2)17-12-15-10-9-14(20-15)11-16(18)19-3/h9-10,13,17H,4-8,11-12H2,1-3H3. The van der Waals surface area contributed by atoms with Crippen molar-refractivity contribution in [2.75, 3.05) is 7.11 Å². The number of methoxy groups -OCH3 is 1. The third-order valence-corrected chi connectivity index (χ3v) is 4.46. The average molecular weight is 297 g/mol. The van der Waals surface area contributed by atoms with Crippen LogP contribution in [-0.2, 0) is 22.5 Å². The first kappa shape index (κ1) is 17.2. The molecular weight excluding hydrogens is 270 g/mol. The highest BCUT2D eigenvalue weighted by atomic mass is 32.1. The van der Waals surface area contributed by atoms with Gasteiger partial charge >= 0.3 is 5.97 Å². The minimum atomic E-state index is -0.168. The molecule has 0 spiro atoms. The molecule has 1 aromatic heterocycles. The first-order chi connectivity index (χ1) is 9.69. The molecule has 4 heteroatoms. The van der Waals surface area contributed by atoms with Crippen molar-refractivity contribution in [3.63, 3.8) is 0 Å². The van der Waals surface area contributed by atoms with Gasteiger partial charge < -0.3 is 10.1 Å². The van der Waals surface area contributed by atoms with E-state index in [1.165, 1.54) is 44.1 Å². The molecule has 1 atom stereocenters. The minimum Gasteiger partial charge on any atom is -0.469 e. The topological polar surface area (TPSA) is 38.3 Å². The molecule has 20 heavy (non-hydrogen) atoms. The Morgan fingerprint density at radius 3 is 2.65 bits per heavy atom. The molecule has 1 unspecified atom stereocenters. The van der Waals surface area contributed by atoms with Crippen molar-refractivity contribution < 1.29 is 9.53 Å². The van der Waals surface area contributed by atoms with Crippen molar-refractivity contribution in [3.05, 3.63) is 21.9 Å². The van der Waals surface area contributed by atoms with Crippen molar-refractivity contribution in [1.82, 2.24) is 5.32 Å². The largest absolute Gasteiger partial charge is 0.469 e. The van der Waals surface area contributed by atoms with Crippen LogP contribution in [0.1, 0.15) is 55.7 Å². The number of unbranched alkanes of at least 4 members (excludes halogenated alkanes) is 1. The first-order valence-electron chi connectivity index (χ1n) is 7.57. The molecule has 0 bridgehead atoms. The number of nitrogens with one attached hydrogen (secondary N) is 1. The summed E-state index contributed by atoms with van der Waals surface area (Å²) in [5.41, 5.74) is 0. The van der Waals surface area contributed by atoms with E-state index >= 15 is 0 Å². The highest BCUT2D eigenvalue weighted by Crippen LogP contribution is 2.18. The summed E-state index contributed by atoms with van der Waals surface area (Å²) < 4.78 is 4.69. The molecule has 0 amide bonds. The van der Waals surface area contributed by atoms with Crippen LogP contribution >= 0.6 is 11.3 Å². The highest BCUT2D eigenvalue weighted by molar-refractivity contribution is 7.12. The zero-order valence-corrected chi connectivity index (χ0v) is 13.7. The van der Waals surface area contributed by atoms with Crippen LogP contribution < -0.4 is 5.32 Å². The Kier molecular flexibility index (Phi) is 8.54. The van der Waals surface area contributed by atoms with Gasteiger partial charge in [0, 0.05) is 22.3 Å². The maximum atomic E-state index is 11.2. The molecule has 0 aliphatic rings. The molecule has 3 nitrogen and oxygen atoms in total. The zero-order valence-electron chi connectivity index (χ0n) is 12.9. The predicted molar refractivity (Wildman–Crippen MR) is 85.1 cm³/mol. The Labute approximate surface area is 126 Å². The van der Waals surface area contributed by atoms with Crippen LogP contribution in [0.3, 0.4) is 0 Å². The second-order valence-electron chi connectivity index (χ2n) is 5.13. The summed E-state index contributed by atoms with van der Waals surface area (Å²) in [6.07, 6.45) is 6.64. The summed E-state index contributed by atoms with van der Waals surface area (Å²) in [6, 6.07) is 4.75. The average Bonchev–Trinajstić information content (AvgIpc) is 2.89. The molecule has 0 aliphatic heterocycles. The molecule has 0 radical (unpaired) electrons. The number of rotatable bonds is 10. The molecule has 1 heterocycles. The molecule has 0 saturated heterocycles. The van der Waals surface area contributed by atoms with E-state index < -0.39 is 0 Å². The van der Waals surface area contributed by atoms with Crippen LogP contribution in [0.25, 0.3) is 0 Å². The number of hydrogen-bond donors (Lipinski definition) is 1. The van der Waals surface area contributed by atoms with Crippen LogP contribution in [0.2, 0.25) is 0 Å². The van der Waals surface area contributed by atoms with Gasteiger partial charge in [-0.25, -0.2) is 0 Å². The molecule has 0 aromatic carbocycles. The fourth-order valence-electron chi connectivity index (χ4n) is 2.22. The van der Waals surface area contributed by atoms with E-state index in [1.54, 1.807) is 11.3 Å². The number of carbonyl (C=O) groups is 1. The molecule has 0 aliphatic carbocycles.